The van der Waals surface area contributed by atoms with Crippen LogP contribution in [-0.4, -0.2) is 52.7 Å². The number of benzene rings is 1. The first-order chi connectivity index (χ1) is 13.9. The summed E-state index contributed by atoms with van der Waals surface area (Å²) in [5.41, 5.74) is 0.289. The van der Waals surface area contributed by atoms with Gasteiger partial charge in [0.2, 0.25) is 5.91 Å². The molecule has 2 N–H and O–H groups in total. The van der Waals surface area contributed by atoms with Gasteiger partial charge in [-0.3, -0.25) is 9.59 Å². The SMILES string of the molecule is CC(C)[C@H](NC(=O)OC(C)(C)C)C(=O)N1CC(Cc2ccc(Cl)cc2)C(C(=O)O)C1. The fraction of sp³-hybridized carbons (Fsp3) is 0.591. The van der Waals surface area contributed by atoms with Crippen LogP contribution < -0.4 is 5.32 Å². The molecule has 0 aliphatic carbocycles. The molecule has 2 amide bonds. The van der Waals surface area contributed by atoms with Gasteiger partial charge in [0.1, 0.15) is 11.6 Å². The molecule has 166 valence electrons. The van der Waals surface area contributed by atoms with Crippen LogP contribution in [0.15, 0.2) is 24.3 Å². The molecule has 1 aromatic rings. The normalized spacial score (nSPS) is 20.2. The van der Waals surface area contributed by atoms with E-state index in [9.17, 15) is 19.5 Å². The summed E-state index contributed by atoms with van der Waals surface area (Å²) in [4.78, 5) is 38.7. The van der Waals surface area contributed by atoms with E-state index in [1.807, 2.05) is 26.0 Å². The van der Waals surface area contributed by atoms with E-state index in [0.717, 1.165) is 5.56 Å². The topological polar surface area (TPSA) is 95.9 Å². The summed E-state index contributed by atoms with van der Waals surface area (Å²) in [5, 5.41) is 12.9. The Hall–Kier alpha value is -2.28. The van der Waals surface area contributed by atoms with Crippen LogP contribution in [0.3, 0.4) is 0 Å². The van der Waals surface area contributed by atoms with Crippen LogP contribution in [0.5, 0.6) is 0 Å². The molecule has 3 atom stereocenters. The molecule has 7 nitrogen and oxygen atoms in total. The number of nitrogens with zero attached hydrogens (tertiary/aromatic N) is 1. The van der Waals surface area contributed by atoms with Crippen LogP contribution in [0.1, 0.15) is 40.2 Å². The summed E-state index contributed by atoms with van der Waals surface area (Å²) in [6.07, 6.45) is -0.134. The third kappa shape index (κ3) is 6.62. The van der Waals surface area contributed by atoms with E-state index in [4.69, 9.17) is 16.3 Å². The lowest BCUT2D eigenvalue weighted by atomic mass is 9.90. The highest BCUT2D eigenvalue weighted by molar-refractivity contribution is 6.30. The first-order valence-corrected chi connectivity index (χ1v) is 10.5. The highest BCUT2D eigenvalue weighted by atomic mass is 35.5. The fourth-order valence-corrected chi connectivity index (χ4v) is 3.73. The van der Waals surface area contributed by atoms with Crippen molar-refractivity contribution < 1.29 is 24.2 Å². The number of alkyl carbamates (subject to hydrolysis) is 1. The Morgan fingerprint density at radius 1 is 1.20 bits per heavy atom. The average Bonchev–Trinajstić information content (AvgIpc) is 3.03. The zero-order valence-electron chi connectivity index (χ0n) is 18.1. The number of nitrogens with one attached hydrogen (secondary N) is 1. The minimum Gasteiger partial charge on any atom is -0.481 e. The Balaban J connectivity index is 2.11. The van der Waals surface area contributed by atoms with Gasteiger partial charge >= 0.3 is 12.1 Å². The van der Waals surface area contributed by atoms with E-state index in [2.05, 4.69) is 5.32 Å². The Bertz CT molecular complexity index is 773. The van der Waals surface area contributed by atoms with Crippen LogP contribution >= 0.6 is 11.6 Å². The van der Waals surface area contributed by atoms with Crippen LogP contribution in [0.2, 0.25) is 5.02 Å². The number of rotatable bonds is 6. The monoisotopic (exact) mass is 438 g/mol. The molecule has 0 spiro atoms. The van der Waals surface area contributed by atoms with Gasteiger partial charge in [0, 0.05) is 18.1 Å². The first kappa shape index (κ1) is 24.0. The van der Waals surface area contributed by atoms with Gasteiger partial charge in [-0.25, -0.2) is 4.79 Å². The van der Waals surface area contributed by atoms with Crippen molar-refractivity contribution in [3.8, 4) is 0 Å². The Kier molecular flexibility index (Phi) is 7.75. The molecular weight excluding hydrogens is 408 g/mol. The lowest BCUT2D eigenvalue weighted by Gasteiger charge is -2.28. The van der Waals surface area contributed by atoms with Gasteiger partial charge in [-0.2, -0.15) is 0 Å². The third-order valence-electron chi connectivity index (χ3n) is 5.09. The van der Waals surface area contributed by atoms with Crippen LogP contribution in [-0.2, 0) is 20.7 Å². The standard InChI is InChI=1S/C22H31ClN2O5/c1-13(2)18(24-21(29)30-22(3,4)5)19(26)25-11-15(17(12-25)20(27)28)10-14-6-8-16(23)9-7-14/h6-9,13,15,17-18H,10-12H2,1-5H3,(H,24,29)(H,27,28)/t15?,17?,18-/m0/s1. The quantitative estimate of drug-likeness (QED) is 0.707. The van der Waals surface area contributed by atoms with Crippen molar-refractivity contribution in [2.75, 3.05) is 13.1 Å². The van der Waals surface area contributed by atoms with Crippen molar-refractivity contribution in [3.05, 3.63) is 34.9 Å². The van der Waals surface area contributed by atoms with Crippen molar-refractivity contribution in [2.45, 2.75) is 52.7 Å². The smallest absolute Gasteiger partial charge is 0.408 e. The largest absolute Gasteiger partial charge is 0.481 e. The number of hydrogen-bond acceptors (Lipinski definition) is 4. The molecule has 1 aliphatic rings. The van der Waals surface area contributed by atoms with Gasteiger partial charge in [-0.15, -0.1) is 0 Å². The number of likely N-dealkylation sites (tertiary alicyclic amines) is 1. The number of carbonyl (C=O) groups excluding carboxylic acids is 2. The highest BCUT2D eigenvalue weighted by Gasteiger charge is 2.42. The number of hydrogen-bond donors (Lipinski definition) is 2. The third-order valence-corrected chi connectivity index (χ3v) is 5.34. The summed E-state index contributed by atoms with van der Waals surface area (Å²) >= 11 is 5.93. The maximum atomic E-state index is 13.1. The summed E-state index contributed by atoms with van der Waals surface area (Å²) < 4.78 is 5.27. The lowest BCUT2D eigenvalue weighted by molar-refractivity contribution is -0.142. The predicted octanol–water partition coefficient (Wildman–Crippen LogP) is 3.59. The number of ether oxygens (including phenoxy) is 1. The summed E-state index contributed by atoms with van der Waals surface area (Å²) in [5.74, 6) is -2.28. The molecule has 1 heterocycles. The van der Waals surface area contributed by atoms with Crippen molar-refractivity contribution in [2.24, 2.45) is 17.8 Å². The van der Waals surface area contributed by atoms with Gasteiger partial charge in [0.15, 0.2) is 0 Å². The highest BCUT2D eigenvalue weighted by Crippen LogP contribution is 2.29. The molecule has 1 saturated heterocycles. The zero-order chi connectivity index (χ0) is 22.6. The maximum absolute atomic E-state index is 13.1. The van der Waals surface area contributed by atoms with Gasteiger partial charge in [-0.1, -0.05) is 37.6 Å². The predicted molar refractivity (Wildman–Crippen MR) is 114 cm³/mol. The molecule has 0 radical (unpaired) electrons. The van der Waals surface area contributed by atoms with Crippen molar-refractivity contribution in [3.63, 3.8) is 0 Å². The van der Waals surface area contributed by atoms with E-state index >= 15 is 0 Å². The molecule has 30 heavy (non-hydrogen) atoms. The number of carbonyl (C=O) groups is 3. The second-order valence-corrected chi connectivity index (χ2v) is 9.58. The van der Waals surface area contributed by atoms with Crippen LogP contribution in [0.4, 0.5) is 4.79 Å². The number of aliphatic carboxylic acids is 1. The van der Waals surface area contributed by atoms with Crippen LogP contribution in [0, 0.1) is 17.8 Å². The molecule has 0 aromatic heterocycles. The Morgan fingerprint density at radius 2 is 1.80 bits per heavy atom. The van der Waals surface area contributed by atoms with Crippen molar-refractivity contribution in [1.29, 1.82) is 0 Å². The van der Waals surface area contributed by atoms with E-state index in [-0.39, 0.29) is 24.3 Å². The van der Waals surface area contributed by atoms with Gasteiger partial charge in [-0.05, 0) is 56.7 Å². The Labute approximate surface area is 182 Å². The van der Waals surface area contributed by atoms with Gasteiger partial charge < -0.3 is 20.1 Å². The van der Waals surface area contributed by atoms with Gasteiger partial charge in [0.05, 0.1) is 5.92 Å². The van der Waals surface area contributed by atoms with E-state index < -0.39 is 29.6 Å². The average molecular weight is 439 g/mol. The van der Waals surface area contributed by atoms with E-state index in [1.165, 1.54) is 0 Å². The second kappa shape index (κ2) is 9.69. The summed E-state index contributed by atoms with van der Waals surface area (Å²) in [7, 11) is 0. The minimum absolute atomic E-state index is 0.117. The number of carboxylic acid groups (broad SMARTS) is 1. The molecule has 1 aromatic carbocycles. The molecule has 1 aliphatic heterocycles. The van der Waals surface area contributed by atoms with Crippen molar-refractivity contribution in [1.82, 2.24) is 10.2 Å². The molecule has 1 fully saturated rings. The van der Waals surface area contributed by atoms with Crippen LogP contribution in [0.25, 0.3) is 0 Å². The zero-order valence-corrected chi connectivity index (χ0v) is 18.9. The fourth-order valence-electron chi connectivity index (χ4n) is 3.61. The molecule has 0 bridgehead atoms. The number of amides is 2. The maximum Gasteiger partial charge on any atom is 0.408 e. The Morgan fingerprint density at radius 3 is 2.30 bits per heavy atom. The number of carboxylic acids is 1. The lowest BCUT2D eigenvalue weighted by Crippen LogP contribution is -2.51. The summed E-state index contributed by atoms with van der Waals surface area (Å²) in [6, 6.07) is 6.48. The van der Waals surface area contributed by atoms with E-state index in [0.29, 0.717) is 18.0 Å². The molecule has 2 unspecified atom stereocenters. The summed E-state index contributed by atoms with van der Waals surface area (Å²) in [6.45, 7) is 9.34. The van der Waals surface area contributed by atoms with Crippen molar-refractivity contribution >= 4 is 29.6 Å². The molecule has 2 rings (SSSR count). The first-order valence-electron chi connectivity index (χ1n) is 10.1. The molecular formula is C22H31ClN2O5. The van der Waals surface area contributed by atoms with E-state index in [1.54, 1.807) is 37.8 Å². The molecule has 0 saturated carbocycles. The minimum atomic E-state index is -0.925. The van der Waals surface area contributed by atoms with Gasteiger partial charge in [0.25, 0.3) is 0 Å². The second-order valence-electron chi connectivity index (χ2n) is 9.15. The molecule has 8 heteroatoms. The number of halogens is 1.